The van der Waals surface area contributed by atoms with Gasteiger partial charge >= 0.3 is 5.97 Å². The van der Waals surface area contributed by atoms with Crippen LogP contribution >= 0.6 is 0 Å². The molecule has 0 saturated carbocycles. The van der Waals surface area contributed by atoms with E-state index >= 15 is 0 Å². The van der Waals surface area contributed by atoms with Gasteiger partial charge in [0.1, 0.15) is 11.3 Å². The third kappa shape index (κ3) is 3.41. The van der Waals surface area contributed by atoms with Crippen LogP contribution in [0.3, 0.4) is 0 Å². The number of rotatable bonds is 5. The van der Waals surface area contributed by atoms with Crippen LogP contribution in [-0.4, -0.2) is 38.4 Å². The van der Waals surface area contributed by atoms with E-state index < -0.39 is 15.8 Å². The van der Waals surface area contributed by atoms with E-state index in [1.807, 2.05) is 0 Å². The smallest absolute Gasteiger partial charge is 0.339 e. The molecule has 1 aliphatic heterocycles. The van der Waals surface area contributed by atoms with E-state index in [9.17, 15) is 18.3 Å². The quantitative estimate of drug-likeness (QED) is 0.857. The number of ether oxygens (including phenoxy) is 1. The number of unbranched alkanes of at least 4 members (excludes halogenated alkanes) is 1. The van der Waals surface area contributed by atoms with Crippen LogP contribution in [0.4, 0.5) is 0 Å². The summed E-state index contributed by atoms with van der Waals surface area (Å²) in [5.74, 6) is -1.03. The van der Waals surface area contributed by atoms with Crippen molar-refractivity contribution in [2.24, 2.45) is 0 Å². The highest BCUT2D eigenvalue weighted by atomic mass is 32.2. The highest BCUT2D eigenvalue weighted by molar-refractivity contribution is 7.91. The van der Waals surface area contributed by atoms with Crippen molar-refractivity contribution >= 4 is 15.8 Å². The number of nitrogens with one attached hydrogen (secondary N) is 1. The van der Waals surface area contributed by atoms with Crippen molar-refractivity contribution < 1.29 is 23.1 Å². The van der Waals surface area contributed by atoms with Crippen molar-refractivity contribution in [3.63, 3.8) is 0 Å². The molecule has 1 atom stereocenters. The second kappa shape index (κ2) is 6.66. The molecule has 1 aliphatic rings. The minimum atomic E-state index is -3.52. The topological polar surface area (TPSA) is 92.7 Å². The maximum Gasteiger partial charge on any atom is 0.339 e. The molecule has 1 unspecified atom stereocenters. The molecule has 22 heavy (non-hydrogen) atoms. The summed E-state index contributed by atoms with van der Waals surface area (Å²) >= 11 is 0. The van der Waals surface area contributed by atoms with Gasteiger partial charge in [-0.15, -0.1) is 0 Å². The molecule has 2 N–H and O–H groups in total. The van der Waals surface area contributed by atoms with Crippen LogP contribution in [0.5, 0.6) is 5.75 Å². The zero-order valence-electron chi connectivity index (χ0n) is 12.8. The number of benzene rings is 1. The first-order valence-corrected chi connectivity index (χ1v) is 8.94. The number of hydrogen-bond acceptors (Lipinski definition) is 5. The van der Waals surface area contributed by atoms with Crippen LogP contribution in [0.15, 0.2) is 17.0 Å². The third-order valence-electron chi connectivity index (χ3n) is 3.86. The summed E-state index contributed by atoms with van der Waals surface area (Å²) in [5.41, 5.74) is 0.428. The van der Waals surface area contributed by atoms with E-state index in [4.69, 9.17) is 4.74 Å². The van der Waals surface area contributed by atoms with E-state index in [1.54, 1.807) is 0 Å². The van der Waals surface area contributed by atoms with Gasteiger partial charge in [-0.05, 0) is 24.1 Å². The van der Waals surface area contributed by atoms with Gasteiger partial charge in [-0.25, -0.2) is 13.2 Å². The Labute approximate surface area is 130 Å². The van der Waals surface area contributed by atoms with Gasteiger partial charge in [-0.3, -0.25) is 0 Å². The van der Waals surface area contributed by atoms with Crippen LogP contribution in [-0.2, 0) is 16.4 Å². The molecule has 2 rings (SSSR count). The van der Waals surface area contributed by atoms with E-state index in [-0.39, 0.29) is 28.0 Å². The van der Waals surface area contributed by atoms with E-state index in [1.165, 1.54) is 19.2 Å². The number of aromatic carboxylic acids is 1. The molecule has 1 aromatic carbocycles. The van der Waals surface area contributed by atoms with Gasteiger partial charge in [0.25, 0.3) is 0 Å². The Hall–Kier alpha value is -1.60. The fraction of sp³-hybridized carbons (Fsp3) is 0.533. The number of carboxylic acids is 1. The van der Waals surface area contributed by atoms with Gasteiger partial charge in [-0.1, -0.05) is 19.8 Å². The first-order chi connectivity index (χ1) is 10.4. The monoisotopic (exact) mass is 327 g/mol. The fourth-order valence-electron chi connectivity index (χ4n) is 2.67. The van der Waals surface area contributed by atoms with Crippen LogP contribution in [0.2, 0.25) is 0 Å². The first kappa shape index (κ1) is 16.8. The SMILES string of the molecule is CCCCC1CS(=O)(=O)c2cc(C(=O)O)c(OC)cc2CN1. The summed E-state index contributed by atoms with van der Waals surface area (Å²) in [6.45, 7) is 2.45. The zero-order chi connectivity index (χ0) is 16.3. The van der Waals surface area contributed by atoms with Crippen LogP contribution in [0.25, 0.3) is 0 Å². The Morgan fingerprint density at radius 1 is 1.45 bits per heavy atom. The van der Waals surface area contributed by atoms with E-state index in [0.717, 1.165) is 19.3 Å². The molecule has 6 nitrogen and oxygen atoms in total. The van der Waals surface area contributed by atoms with Crippen molar-refractivity contribution in [1.29, 1.82) is 0 Å². The summed E-state index contributed by atoms with van der Waals surface area (Å²) in [6, 6.07) is 2.61. The van der Waals surface area contributed by atoms with Crippen molar-refractivity contribution in [2.75, 3.05) is 12.9 Å². The summed E-state index contributed by atoms with van der Waals surface area (Å²) in [4.78, 5) is 11.4. The maximum absolute atomic E-state index is 12.6. The summed E-state index contributed by atoms with van der Waals surface area (Å²) in [6.07, 6.45) is 2.74. The van der Waals surface area contributed by atoms with E-state index in [2.05, 4.69) is 12.2 Å². The Morgan fingerprint density at radius 3 is 2.77 bits per heavy atom. The molecule has 0 aromatic heterocycles. The average Bonchev–Trinajstić information content (AvgIpc) is 2.60. The van der Waals surface area contributed by atoms with Gasteiger partial charge in [-0.2, -0.15) is 0 Å². The lowest BCUT2D eigenvalue weighted by Crippen LogP contribution is -2.32. The molecule has 122 valence electrons. The van der Waals surface area contributed by atoms with Crippen LogP contribution in [0.1, 0.15) is 42.1 Å². The molecule has 0 radical (unpaired) electrons. The lowest BCUT2D eigenvalue weighted by Gasteiger charge is -2.14. The lowest BCUT2D eigenvalue weighted by molar-refractivity contribution is 0.0693. The first-order valence-electron chi connectivity index (χ1n) is 7.29. The molecule has 7 heteroatoms. The number of sulfone groups is 1. The van der Waals surface area contributed by atoms with Gasteiger partial charge in [0, 0.05) is 12.6 Å². The lowest BCUT2D eigenvalue weighted by atomic mass is 10.1. The zero-order valence-corrected chi connectivity index (χ0v) is 13.6. The maximum atomic E-state index is 12.6. The molecular weight excluding hydrogens is 306 g/mol. The van der Waals surface area contributed by atoms with Crippen LogP contribution < -0.4 is 10.1 Å². The van der Waals surface area contributed by atoms with Crippen molar-refractivity contribution in [1.82, 2.24) is 5.32 Å². The Balaban J connectivity index is 2.45. The number of carboxylic acid groups (broad SMARTS) is 1. The van der Waals surface area contributed by atoms with Gasteiger partial charge < -0.3 is 15.2 Å². The van der Waals surface area contributed by atoms with Crippen molar-refractivity contribution in [3.8, 4) is 5.75 Å². The molecule has 0 saturated heterocycles. The minimum absolute atomic E-state index is 0.00854. The number of carbonyl (C=O) groups is 1. The Bertz CT molecular complexity index is 669. The predicted molar refractivity (Wildman–Crippen MR) is 82.2 cm³/mol. The van der Waals surface area contributed by atoms with Crippen molar-refractivity contribution in [2.45, 2.75) is 43.7 Å². The molecule has 1 heterocycles. The third-order valence-corrected chi connectivity index (χ3v) is 5.75. The number of hydrogen-bond donors (Lipinski definition) is 2. The van der Waals surface area contributed by atoms with E-state index in [0.29, 0.717) is 12.1 Å². The van der Waals surface area contributed by atoms with Crippen molar-refractivity contribution in [3.05, 3.63) is 23.3 Å². The summed E-state index contributed by atoms with van der Waals surface area (Å²) in [7, 11) is -2.15. The summed E-state index contributed by atoms with van der Waals surface area (Å²) < 4.78 is 30.2. The predicted octanol–water partition coefficient (Wildman–Crippen LogP) is 1.83. The second-order valence-corrected chi connectivity index (χ2v) is 7.47. The largest absolute Gasteiger partial charge is 0.496 e. The van der Waals surface area contributed by atoms with Gasteiger partial charge in [0.2, 0.25) is 0 Å². The Morgan fingerprint density at radius 2 is 2.18 bits per heavy atom. The highest BCUT2D eigenvalue weighted by Gasteiger charge is 2.29. The van der Waals surface area contributed by atoms with Gasteiger partial charge in [0.05, 0.1) is 17.8 Å². The van der Waals surface area contributed by atoms with Crippen LogP contribution in [0, 0.1) is 0 Å². The molecule has 0 fully saturated rings. The second-order valence-electron chi connectivity index (χ2n) is 5.47. The Kier molecular flexibility index (Phi) is 5.08. The molecular formula is C15H21NO5S. The molecule has 0 aliphatic carbocycles. The standard InChI is InChI=1S/C15H21NO5S/c1-3-4-5-11-9-22(19,20)14-7-12(15(17)18)13(21-2)6-10(14)8-16-11/h6-7,11,16H,3-5,8-9H2,1-2H3,(H,17,18). The van der Waals surface area contributed by atoms with Gasteiger partial charge in [0.15, 0.2) is 9.84 Å². The normalized spacial score (nSPS) is 20.0. The number of fused-ring (bicyclic) bond motifs is 1. The number of methoxy groups -OCH3 is 1. The molecule has 0 amide bonds. The summed E-state index contributed by atoms with van der Waals surface area (Å²) in [5, 5.41) is 12.5. The minimum Gasteiger partial charge on any atom is -0.496 e. The fourth-order valence-corrected chi connectivity index (χ4v) is 4.49. The average molecular weight is 327 g/mol. The molecule has 1 aromatic rings. The molecule has 0 bridgehead atoms. The molecule has 0 spiro atoms. The highest BCUT2D eigenvalue weighted by Crippen LogP contribution is 2.30.